The monoisotopic (exact) mass is 392 g/mol. The van der Waals surface area contributed by atoms with E-state index < -0.39 is 10.0 Å². The van der Waals surface area contributed by atoms with Gasteiger partial charge in [0.2, 0.25) is 10.0 Å². The number of sulfonamides is 1. The van der Waals surface area contributed by atoms with Gasteiger partial charge in [-0.2, -0.15) is 4.31 Å². The van der Waals surface area contributed by atoms with Crippen LogP contribution < -0.4 is 0 Å². The summed E-state index contributed by atoms with van der Waals surface area (Å²) in [6.45, 7) is 3.36. The van der Waals surface area contributed by atoms with Crippen LogP contribution in [0, 0.1) is 6.92 Å². The van der Waals surface area contributed by atoms with Gasteiger partial charge in [-0.15, -0.1) is 0 Å². The van der Waals surface area contributed by atoms with Gasteiger partial charge in [0.15, 0.2) is 0 Å². The van der Waals surface area contributed by atoms with E-state index in [4.69, 9.17) is 11.6 Å². The maximum Gasteiger partial charge on any atom is 0.253 e. The van der Waals surface area contributed by atoms with Crippen LogP contribution >= 0.6 is 11.6 Å². The van der Waals surface area contributed by atoms with Gasteiger partial charge < -0.3 is 4.90 Å². The number of hydrogen-bond acceptors (Lipinski definition) is 3. The molecule has 0 spiro atoms. The summed E-state index contributed by atoms with van der Waals surface area (Å²) in [5, 5.41) is 0.578. The molecule has 0 radical (unpaired) electrons. The Morgan fingerprint density at radius 1 is 1.04 bits per heavy atom. The number of hydrogen-bond donors (Lipinski definition) is 0. The first-order chi connectivity index (χ1) is 12.3. The highest BCUT2D eigenvalue weighted by atomic mass is 35.5. The molecule has 1 saturated heterocycles. The van der Waals surface area contributed by atoms with Gasteiger partial charge in [-0.25, -0.2) is 8.42 Å². The fourth-order valence-corrected chi connectivity index (χ4v) is 4.65. The number of carbonyl (C=O) groups excluding carboxylic acids is 1. The molecule has 2 aromatic rings. The summed E-state index contributed by atoms with van der Waals surface area (Å²) >= 11 is 5.84. The second-order valence-corrected chi connectivity index (χ2v) is 8.85. The van der Waals surface area contributed by atoms with Crippen molar-refractivity contribution in [3.05, 3.63) is 70.2 Å². The predicted molar refractivity (Wildman–Crippen MR) is 103 cm³/mol. The zero-order valence-corrected chi connectivity index (χ0v) is 16.1. The van der Waals surface area contributed by atoms with E-state index in [0.717, 1.165) is 5.56 Å². The van der Waals surface area contributed by atoms with Crippen LogP contribution in [0.5, 0.6) is 0 Å². The second kappa shape index (κ2) is 7.78. The Hall–Kier alpha value is -1.89. The van der Waals surface area contributed by atoms with Gasteiger partial charge in [-0.1, -0.05) is 41.4 Å². The van der Waals surface area contributed by atoms with Crippen LogP contribution in [0.3, 0.4) is 0 Å². The molecule has 3 rings (SSSR count). The van der Waals surface area contributed by atoms with E-state index in [1.807, 2.05) is 25.1 Å². The molecule has 2 aromatic carbocycles. The second-order valence-electron chi connectivity index (χ2n) is 6.44. The Labute approximate surface area is 159 Å². The molecule has 0 unspecified atom stereocenters. The van der Waals surface area contributed by atoms with Crippen molar-refractivity contribution in [2.45, 2.75) is 12.7 Å². The van der Waals surface area contributed by atoms with Crippen LogP contribution in [-0.4, -0.2) is 49.7 Å². The van der Waals surface area contributed by atoms with E-state index in [2.05, 4.69) is 0 Å². The molecule has 0 atom stereocenters. The molecule has 0 saturated carbocycles. The van der Waals surface area contributed by atoms with Gasteiger partial charge in [-0.3, -0.25) is 4.79 Å². The molecule has 0 aliphatic carbocycles. The van der Waals surface area contributed by atoms with Gasteiger partial charge in [0.25, 0.3) is 5.91 Å². The highest BCUT2D eigenvalue weighted by Gasteiger charge is 2.29. The average Bonchev–Trinajstić information content (AvgIpc) is 2.63. The Morgan fingerprint density at radius 3 is 2.31 bits per heavy atom. The van der Waals surface area contributed by atoms with E-state index >= 15 is 0 Å². The van der Waals surface area contributed by atoms with Crippen molar-refractivity contribution >= 4 is 27.5 Å². The van der Waals surface area contributed by atoms with Crippen molar-refractivity contribution in [3.63, 3.8) is 0 Å². The summed E-state index contributed by atoms with van der Waals surface area (Å²) in [6, 6.07) is 14.3. The molecule has 1 aliphatic rings. The van der Waals surface area contributed by atoms with Crippen molar-refractivity contribution in [2.24, 2.45) is 0 Å². The van der Waals surface area contributed by atoms with Gasteiger partial charge in [0.1, 0.15) is 0 Å². The number of aryl methyl sites for hydroxylation is 1. The van der Waals surface area contributed by atoms with E-state index in [-0.39, 0.29) is 11.7 Å². The molecule has 7 heteroatoms. The van der Waals surface area contributed by atoms with Gasteiger partial charge in [0, 0.05) is 36.8 Å². The lowest BCUT2D eigenvalue weighted by Crippen LogP contribution is -2.50. The SMILES string of the molecule is Cc1cccc(C(=O)N2CCN(S(=O)(=O)Cc3ccc(Cl)cc3)CC2)c1. The normalized spacial score (nSPS) is 15.8. The molecule has 1 heterocycles. The summed E-state index contributed by atoms with van der Waals surface area (Å²) < 4.78 is 26.7. The fourth-order valence-electron chi connectivity index (χ4n) is 3.01. The maximum absolute atomic E-state index is 12.6. The minimum atomic E-state index is -3.42. The van der Waals surface area contributed by atoms with Crippen molar-refractivity contribution in [3.8, 4) is 0 Å². The Balaban J connectivity index is 1.62. The smallest absolute Gasteiger partial charge is 0.253 e. The van der Waals surface area contributed by atoms with Crippen LogP contribution in [0.4, 0.5) is 0 Å². The Kier molecular flexibility index (Phi) is 5.65. The van der Waals surface area contributed by atoms with Crippen LogP contribution in [-0.2, 0) is 15.8 Å². The summed E-state index contributed by atoms with van der Waals surface area (Å²) in [6.07, 6.45) is 0. The number of carbonyl (C=O) groups is 1. The maximum atomic E-state index is 12.6. The lowest BCUT2D eigenvalue weighted by Gasteiger charge is -2.34. The third-order valence-electron chi connectivity index (χ3n) is 4.45. The number of halogens is 1. The van der Waals surface area contributed by atoms with E-state index in [9.17, 15) is 13.2 Å². The Bertz CT molecular complexity index is 889. The largest absolute Gasteiger partial charge is 0.336 e. The number of amides is 1. The summed E-state index contributed by atoms with van der Waals surface area (Å²) in [5.41, 5.74) is 2.37. The third-order valence-corrected chi connectivity index (χ3v) is 6.55. The van der Waals surface area contributed by atoms with Crippen LogP contribution in [0.1, 0.15) is 21.5 Å². The van der Waals surface area contributed by atoms with Crippen LogP contribution in [0.15, 0.2) is 48.5 Å². The van der Waals surface area contributed by atoms with Crippen molar-refractivity contribution in [2.75, 3.05) is 26.2 Å². The number of benzene rings is 2. The number of piperazine rings is 1. The van der Waals surface area contributed by atoms with Crippen LogP contribution in [0.25, 0.3) is 0 Å². The quantitative estimate of drug-likeness (QED) is 0.803. The average molecular weight is 393 g/mol. The summed E-state index contributed by atoms with van der Waals surface area (Å²) in [7, 11) is -3.42. The minimum Gasteiger partial charge on any atom is -0.336 e. The molecule has 1 aliphatic heterocycles. The van der Waals surface area contributed by atoms with Crippen molar-refractivity contribution in [1.29, 1.82) is 0 Å². The molecule has 1 fully saturated rings. The van der Waals surface area contributed by atoms with Gasteiger partial charge in [0.05, 0.1) is 5.75 Å². The molecular weight excluding hydrogens is 372 g/mol. The molecule has 5 nitrogen and oxygen atoms in total. The van der Waals surface area contributed by atoms with Gasteiger partial charge in [-0.05, 0) is 36.8 Å². The highest BCUT2D eigenvalue weighted by molar-refractivity contribution is 7.88. The molecule has 26 heavy (non-hydrogen) atoms. The summed E-state index contributed by atoms with van der Waals surface area (Å²) in [4.78, 5) is 14.3. The van der Waals surface area contributed by atoms with Crippen molar-refractivity contribution < 1.29 is 13.2 Å². The zero-order valence-electron chi connectivity index (χ0n) is 14.6. The molecule has 1 amide bonds. The molecule has 0 bridgehead atoms. The molecular formula is C19H21ClN2O3S. The predicted octanol–water partition coefficient (Wildman–Crippen LogP) is 2.94. The third kappa shape index (κ3) is 4.44. The van der Waals surface area contributed by atoms with Gasteiger partial charge >= 0.3 is 0 Å². The summed E-state index contributed by atoms with van der Waals surface area (Å²) in [5.74, 6) is -0.112. The topological polar surface area (TPSA) is 57.7 Å². The lowest BCUT2D eigenvalue weighted by atomic mass is 10.1. The first kappa shape index (κ1) is 18.9. The van der Waals surface area contributed by atoms with E-state index in [1.165, 1.54) is 4.31 Å². The standard InChI is InChI=1S/C19H21ClN2O3S/c1-15-3-2-4-17(13-15)19(23)21-9-11-22(12-10-21)26(24,25)14-16-5-7-18(20)8-6-16/h2-8,13H,9-12,14H2,1H3. The minimum absolute atomic E-state index is 0.0524. The number of nitrogens with zero attached hydrogens (tertiary/aromatic N) is 2. The van der Waals surface area contributed by atoms with E-state index in [0.29, 0.717) is 42.3 Å². The molecule has 0 aromatic heterocycles. The zero-order chi connectivity index (χ0) is 18.7. The van der Waals surface area contributed by atoms with Crippen molar-refractivity contribution in [1.82, 2.24) is 9.21 Å². The Morgan fingerprint density at radius 2 is 1.69 bits per heavy atom. The first-order valence-corrected chi connectivity index (χ1v) is 10.4. The van der Waals surface area contributed by atoms with E-state index in [1.54, 1.807) is 35.2 Å². The lowest BCUT2D eigenvalue weighted by molar-refractivity contribution is 0.0697. The number of rotatable bonds is 4. The molecule has 0 N–H and O–H groups in total. The molecule has 138 valence electrons. The fraction of sp³-hybridized carbons (Fsp3) is 0.316. The first-order valence-electron chi connectivity index (χ1n) is 8.43. The highest BCUT2D eigenvalue weighted by Crippen LogP contribution is 2.17. The van der Waals surface area contributed by atoms with Crippen LogP contribution in [0.2, 0.25) is 5.02 Å².